The molecule has 1 aromatic heterocycles. The number of nitrogens with one attached hydrogen (secondary N) is 1. The molecular formula is C15H26N2O3S2. The van der Waals surface area contributed by atoms with E-state index in [1.165, 1.54) is 11.3 Å². The first kappa shape index (κ1) is 17.8. The predicted molar refractivity (Wildman–Crippen MR) is 89.7 cm³/mol. The lowest BCUT2D eigenvalue weighted by atomic mass is 9.93. The molecule has 0 spiro atoms. The van der Waals surface area contributed by atoms with Crippen molar-refractivity contribution in [2.75, 3.05) is 12.4 Å². The van der Waals surface area contributed by atoms with Gasteiger partial charge in [0.05, 0.1) is 23.6 Å². The van der Waals surface area contributed by atoms with Crippen molar-refractivity contribution in [3.63, 3.8) is 0 Å². The van der Waals surface area contributed by atoms with Gasteiger partial charge in [0.15, 0.2) is 0 Å². The standard InChI is InChI=1S/C15H26N2O3S2/c1-11(14-16-13(10-21-14)15(2,3)4)17-22(18,19)9-7-12-6-5-8-20-12/h10-12,17H,5-9H2,1-4H3/t11-,12-/m0/s1. The van der Waals surface area contributed by atoms with Gasteiger partial charge in [-0.05, 0) is 26.2 Å². The van der Waals surface area contributed by atoms with Crippen LogP contribution in [0.3, 0.4) is 0 Å². The molecule has 1 aromatic rings. The molecule has 2 heterocycles. The second-order valence-corrected chi connectivity index (χ2v) is 9.67. The van der Waals surface area contributed by atoms with Crippen molar-refractivity contribution in [3.05, 3.63) is 16.1 Å². The summed E-state index contributed by atoms with van der Waals surface area (Å²) in [4.78, 5) is 4.57. The lowest BCUT2D eigenvalue weighted by Gasteiger charge is -2.16. The van der Waals surface area contributed by atoms with Gasteiger partial charge >= 0.3 is 0 Å². The summed E-state index contributed by atoms with van der Waals surface area (Å²) in [6.07, 6.45) is 2.65. The fourth-order valence-corrected chi connectivity index (χ4v) is 4.84. The Labute approximate surface area is 137 Å². The maximum absolute atomic E-state index is 12.2. The highest BCUT2D eigenvalue weighted by Gasteiger charge is 2.24. The van der Waals surface area contributed by atoms with Gasteiger partial charge in [-0.15, -0.1) is 11.3 Å². The zero-order chi connectivity index (χ0) is 16.4. The van der Waals surface area contributed by atoms with E-state index in [0.717, 1.165) is 30.2 Å². The summed E-state index contributed by atoms with van der Waals surface area (Å²) in [5, 5.41) is 2.82. The van der Waals surface area contributed by atoms with Crippen LogP contribution in [0.2, 0.25) is 0 Å². The Morgan fingerprint density at radius 3 is 2.77 bits per heavy atom. The molecule has 22 heavy (non-hydrogen) atoms. The van der Waals surface area contributed by atoms with Crippen molar-refractivity contribution in [2.24, 2.45) is 0 Å². The van der Waals surface area contributed by atoms with Gasteiger partial charge in [0.25, 0.3) is 0 Å². The minimum absolute atomic E-state index is 0.0207. The SMILES string of the molecule is C[C@H](NS(=O)(=O)CC[C@@H]1CCCO1)c1nc(C(C)(C)C)cs1. The van der Waals surface area contributed by atoms with Gasteiger partial charge in [-0.1, -0.05) is 20.8 Å². The first-order chi connectivity index (χ1) is 10.2. The molecule has 7 heteroatoms. The number of sulfonamides is 1. The molecule has 2 rings (SSSR count). The van der Waals surface area contributed by atoms with Crippen LogP contribution in [0.4, 0.5) is 0 Å². The lowest BCUT2D eigenvalue weighted by molar-refractivity contribution is 0.108. The molecular weight excluding hydrogens is 320 g/mol. The number of ether oxygens (including phenoxy) is 1. The van der Waals surface area contributed by atoms with Gasteiger partial charge in [0.1, 0.15) is 5.01 Å². The smallest absolute Gasteiger partial charge is 0.212 e. The van der Waals surface area contributed by atoms with Crippen molar-refractivity contribution < 1.29 is 13.2 Å². The molecule has 0 radical (unpaired) electrons. The average molecular weight is 347 g/mol. The van der Waals surface area contributed by atoms with E-state index in [1.807, 2.05) is 12.3 Å². The van der Waals surface area contributed by atoms with Gasteiger partial charge in [0, 0.05) is 17.4 Å². The van der Waals surface area contributed by atoms with Gasteiger partial charge in [-0.2, -0.15) is 0 Å². The van der Waals surface area contributed by atoms with E-state index in [0.29, 0.717) is 6.42 Å². The van der Waals surface area contributed by atoms with Gasteiger partial charge in [0.2, 0.25) is 10.0 Å². The zero-order valence-electron chi connectivity index (χ0n) is 13.8. The van der Waals surface area contributed by atoms with Crippen LogP contribution in [0, 0.1) is 0 Å². The van der Waals surface area contributed by atoms with E-state index in [4.69, 9.17) is 4.74 Å². The summed E-state index contributed by atoms with van der Waals surface area (Å²) in [7, 11) is -3.31. The molecule has 0 saturated carbocycles. The fourth-order valence-electron chi connectivity index (χ4n) is 2.37. The topological polar surface area (TPSA) is 68.3 Å². The third-order valence-corrected chi connectivity index (χ3v) is 6.26. The molecule has 126 valence electrons. The Morgan fingerprint density at radius 1 is 1.50 bits per heavy atom. The van der Waals surface area contributed by atoms with Crippen molar-refractivity contribution in [1.82, 2.24) is 9.71 Å². The first-order valence-electron chi connectivity index (χ1n) is 7.75. The van der Waals surface area contributed by atoms with Crippen molar-refractivity contribution in [1.29, 1.82) is 0 Å². The molecule has 1 saturated heterocycles. The first-order valence-corrected chi connectivity index (χ1v) is 10.3. The van der Waals surface area contributed by atoms with Crippen LogP contribution in [0.1, 0.15) is 63.7 Å². The highest BCUT2D eigenvalue weighted by Crippen LogP contribution is 2.27. The summed E-state index contributed by atoms with van der Waals surface area (Å²) in [6, 6.07) is -0.296. The molecule has 0 aliphatic carbocycles. The van der Waals surface area contributed by atoms with E-state index in [9.17, 15) is 8.42 Å². The number of aromatic nitrogens is 1. The quantitative estimate of drug-likeness (QED) is 0.860. The number of hydrogen-bond donors (Lipinski definition) is 1. The molecule has 1 aliphatic heterocycles. The maximum atomic E-state index is 12.2. The summed E-state index contributed by atoms with van der Waals surface area (Å²) in [5.74, 6) is 0.111. The normalized spacial score (nSPS) is 21.2. The van der Waals surface area contributed by atoms with Gasteiger partial charge in [-0.3, -0.25) is 0 Å². The van der Waals surface area contributed by atoms with Crippen molar-refractivity contribution in [2.45, 2.75) is 64.5 Å². The van der Waals surface area contributed by atoms with Crippen LogP contribution in [0.15, 0.2) is 5.38 Å². The molecule has 0 amide bonds. The van der Waals surface area contributed by atoms with Crippen molar-refractivity contribution in [3.8, 4) is 0 Å². The van der Waals surface area contributed by atoms with Crippen LogP contribution in [0.5, 0.6) is 0 Å². The third kappa shape index (κ3) is 5.01. The minimum atomic E-state index is -3.31. The summed E-state index contributed by atoms with van der Waals surface area (Å²) >= 11 is 1.51. The molecule has 1 fully saturated rings. The second-order valence-electron chi connectivity index (χ2n) is 6.90. The van der Waals surface area contributed by atoms with E-state index < -0.39 is 10.0 Å². The molecule has 2 atom stereocenters. The predicted octanol–water partition coefficient (Wildman–Crippen LogP) is 2.99. The molecule has 0 unspecified atom stereocenters. The Balaban J connectivity index is 1.92. The second kappa shape index (κ2) is 6.95. The van der Waals surface area contributed by atoms with Crippen LogP contribution in [0.25, 0.3) is 0 Å². The molecule has 1 N–H and O–H groups in total. The fraction of sp³-hybridized carbons (Fsp3) is 0.800. The minimum Gasteiger partial charge on any atom is -0.378 e. The summed E-state index contributed by atoms with van der Waals surface area (Å²) < 4.78 is 32.6. The third-order valence-electron chi connectivity index (χ3n) is 3.75. The van der Waals surface area contributed by atoms with E-state index in [1.54, 1.807) is 0 Å². The van der Waals surface area contributed by atoms with Crippen LogP contribution >= 0.6 is 11.3 Å². The average Bonchev–Trinajstić information content (AvgIpc) is 3.07. The largest absolute Gasteiger partial charge is 0.378 e. The van der Waals surface area contributed by atoms with E-state index >= 15 is 0 Å². The molecule has 0 aromatic carbocycles. The van der Waals surface area contributed by atoms with Crippen LogP contribution in [-0.2, 0) is 20.2 Å². The van der Waals surface area contributed by atoms with Gasteiger partial charge < -0.3 is 4.74 Å². The Hall–Kier alpha value is -0.500. The Morgan fingerprint density at radius 2 is 2.23 bits per heavy atom. The Bertz CT molecular complexity index is 584. The molecule has 1 aliphatic rings. The van der Waals surface area contributed by atoms with Crippen molar-refractivity contribution >= 4 is 21.4 Å². The number of rotatable bonds is 6. The molecule has 5 nitrogen and oxygen atoms in total. The summed E-state index contributed by atoms with van der Waals surface area (Å²) in [5.41, 5.74) is 0.977. The van der Waals surface area contributed by atoms with E-state index in [-0.39, 0.29) is 23.3 Å². The Kier molecular flexibility index (Phi) is 5.63. The number of nitrogens with zero attached hydrogens (tertiary/aromatic N) is 1. The monoisotopic (exact) mass is 346 g/mol. The number of thiazole rings is 1. The van der Waals surface area contributed by atoms with E-state index in [2.05, 4.69) is 30.5 Å². The van der Waals surface area contributed by atoms with Crippen LogP contribution < -0.4 is 4.72 Å². The maximum Gasteiger partial charge on any atom is 0.212 e. The lowest BCUT2D eigenvalue weighted by Crippen LogP contribution is -2.30. The highest BCUT2D eigenvalue weighted by atomic mass is 32.2. The number of hydrogen-bond acceptors (Lipinski definition) is 5. The van der Waals surface area contributed by atoms with Gasteiger partial charge in [-0.25, -0.2) is 18.1 Å². The summed E-state index contributed by atoms with van der Waals surface area (Å²) in [6.45, 7) is 8.89. The highest BCUT2D eigenvalue weighted by molar-refractivity contribution is 7.89. The van der Waals surface area contributed by atoms with Crippen LogP contribution in [-0.4, -0.2) is 31.9 Å². The molecule has 0 bridgehead atoms. The zero-order valence-corrected chi connectivity index (χ0v) is 15.4.